The highest BCUT2D eigenvalue weighted by molar-refractivity contribution is 6.36. The number of hydrogen-bond acceptors (Lipinski definition) is 2. The molecule has 1 aliphatic rings. The van der Waals surface area contributed by atoms with E-state index in [-0.39, 0.29) is 0 Å². The maximum atomic E-state index is 6.33. The predicted octanol–water partition coefficient (Wildman–Crippen LogP) is 4.60. The summed E-state index contributed by atoms with van der Waals surface area (Å²) in [7, 11) is 0. The van der Waals surface area contributed by atoms with Gasteiger partial charge in [0.2, 0.25) is 0 Å². The van der Waals surface area contributed by atoms with E-state index in [2.05, 4.69) is 34.2 Å². The van der Waals surface area contributed by atoms with Crippen molar-refractivity contribution in [2.45, 2.75) is 18.8 Å². The van der Waals surface area contributed by atoms with Gasteiger partial charge in [-0.25, -0.2) is 9.97 Å². The molecule has 3 aromatic rings. The van der Waals surface area contributed by atoms with Crippen LogP contribution < -0.4 is 0 Å². The van der Waals surface area contributed by atoms with E-state index in [0.29, 0.717) is 10.3 Å². The van der Waals surface area contributed by atoms with Crippen molar-refractivity contribution >= 4 is 34.2 Å². The Morgan fingerprint density at radius 1 is 1.05 bits per heavy atom. The lowest BCUT2D eigenvalue weighted by molar-refractivity contribution is 1.06. The lowest BCUT2D eigenvalue weighted by Crippen LogP contribution is -1.96. The summed E-state index contributed by atoms with van der Waals surface area (Å²) >= 11 is 12.4. The molecule has 1 aromatic carbocycles. The van der Waals surface area contributed by atoms with Gasteiger partial charge in [-0.15, -0.1) is 0 Å². The van der Waals surface area contributed by atoms with Crippen molar-refractivity contribution in [1.82, 2.24) is 14.5 Å². The fourth-order valence-electron chi connectivity index (χ4n) is 2.51. The van der Waals surface area contributed by atoms with Gasteiger partial charge in [0.15, 0.2) is 5.65 Å². The highest BCUT2D eigenvalue weighted by Crippen LogP contribution is 2.40. The molecule has 0 unspecified atom stereocenters. The average molecular weight is 304 g/mol. The van der Waals surface area contributed by atoms with E-state index < -0.39 is 0 Å². The number of fused-ring (bicyclic) bond motifs is 1. The van der Waals surface area contributed by atoms with Gasteiger partial charge in [-0.3, -0.25) is 4.57 Å². The largest absolute Gasteiger partial charge is 0.284 e. The first-order chi connectivity index (χ1) is 9.74. The summed E-state index contributed by atoms with van der Waals surface area (Å²) in [6.45, 7) is 0. The fourth-order valence-corrected chi connectivity index (χ4v) is 2.98. The van der Waals surface area contributed by atoms with Gasteiger partial charge in [-0.2, -0.15) is 0 Å². The third-order valence-electron chi connectivity index (χ3n) is 3.70. The standard InChI is InChI=1S/C15H11Cl2N3/c16-13-7-12-14(17)18-8-19-15(12)20(13)11-5-3-10(4-6-11)9-1-2-9/h3-9H,1-2H2. The summed E-state index contributed by atoms with van der Waals surface area (Å²) in [5.41, 5.74) is 3.12. The van der Waals surface area contributed by atoms with Gasteiger partial charge in [0.1, 0.15) is 16.6 Å². The van der Waals surface area contributed by atoms with E-state index >= 15 is 0 Å². The van der Waals surface area contributed by atoms with Crippen LogP contribution in [0.5, 0.6) is 0 Å². The number of rotatable bonds is 2. The number of halogens is 2. The lowest BCUT2D eigenvalue weighted by atomic mass is 10.1. The molecule has 2 heterocycles. The molecule has 0 amide bonds. The second-order valence-electron chi connectivity index (χ2n) is 5.07. The van der Waals surface area contributed by atoms with Gasteiger partial charge in [0.25, 0.3) is 0 Å². The molecule has 0 aliphatic heterocycles. The Morgan fingerprint density at radius 3 is 2.50 bits per heavy atom. The van der Waals surface area contributed by atoms with Gasteiger partial charge in [-0.05, 0) is 42.5 Å². The molecule has 3 nitrogen and oxygen atoms in total. The first-order valence-corrected chi connectivity index (χ1v) is 7.27. The molecule has 0 atom stereocenters. The van der Waals surface area contributed by atoms with Crippen LogP contribution in [-0.4, -0.2) is 14.5 Å². The molecule has 1 saturated carbocycles. The van der Waals surface area contributed by atoms with E-state index in [0.717, 1.165) is 22.6 Å². The molecular formula is C15H11Cl2N3. The van der Waals surface area contributed by atoms with Crippen LogP contribution in [0.3, 0.4) is 0 Å². The third kappa shape index (κ3) is 1.89. The summed E-state index contributed by atoms with van der Waals surface area (Å²) in [6.07, 6.45) is 4.06. The maximum absolute atomic E-state index is 6.33. The molecule has 100 valence electrons. The van der Waals surface area contributed by atoms with Gasteiger partial charge >= 0.3 is 0 Å². The second kappa shape index (κ2) is 4.47. The van der Waals surface area contributed by atoms with Crippen molar-refractivity contribution in [2.75, 3.05) is 0 Å². The summed E-state index contributed by atoms with van der Waals surface area (Å²) in [6, 6.07) is 10.3. The third-order valence-corrected chi connectivity index (χ3v) is 4.28. The van der Waals surface area contributed by atoms with Crippen molar-refractivity contribution in [3.63, 3.8) is 0 Å². The minimum absolute atomic E-state index is 0.422. The monoisotopic (exact) mass is 303 g/mol. The summed E-state index contributed by atoms with van der Waals surface area (Å²) < 4.78 is 1.89. The molecule has 0 saturated heterocycles. The quantitative estimate of drug-likeness (QED) is 0.648. The Bertz CT molecular complexity index is 789. The molecule has 2 aromatic heterocycles. The van der Waals surface area contributed by atoms with Crippen LogP contribution in [0.15, 0.2) is 36.7 Å². The van der Waals surface area contributed by atoms with E-state index in [1.54, 1.807) is 6.07 Å². The number of benzene rings is 1. The molecule has 1 fully saturated rings. The fraction of sp³-hybridized carbons (Fsp3) is 0.200. The zero-order valence-corrected chi connectivity index (χ0v) is 12.1. The second-order valence-corrected chi connectivity index (χ2v) is 5.82. The smallest absolute Gasteiger partial charge is 0.150 e. The Kier molecular flexibility index (Phi) is 2.72. The lowest BCUT2D eigenvalue weighted by Gasteiger charge is -2.07. The topological polar surface area (TPSA) is 30.7 Å². The SMILES string of the molecule is Clc1ncnc2c1cc(Cl)n2-c1ccc(C2CC2)cc1. The zero-order chi connectivity index (χ0) is 13.7. The molecular weight excluding hydrogens is 293 g/mol. The predicted molar refractivity (Wildman–Crippen MR) is 80.9 cm³/mol. The Labute approximate surface area is 126 Å². The van der Waals surface area contributed by atoms with Crippen LogP contribution in [0.1, 0.15) is 24.3 Å². The minimum Gasteiger partial charge on any atom is -0.284 e. The van der Waals surface area contributed by atoms with Crippen LogP contribution in [0.2, 0.25) is 10.3 Å². The van der Waals surface area contributed by atoms with E-state index in [9.17, 15) is 0 Å². The van der Waals surface area contributed by atoms with Crippen LogP contribution in [-0.2, 0) is 0 Å². The molecule has 0 N–H and O–H groups in total. The summed E-state index contributed by atoms with van der Waals surface area (Å²) in [4.78, 5) is 8.28. The number of hydrogen-bond donors (Lipinski definition) is 0. The molecule has 0 radical (unpaired) electrons. The zero-order valence-electron chi connectivity index (χ0n) is 10.6. The summed E-state index contributed by atoms with van der Waals surface area (Å²) in [5, 5.41) is 1.78. The average Bonchev–Trinajstić information content (AvgIpc) is 3.23. The van der Waals surface area contributed by atoms with Crippen LogP contribution >= 0.6 is 23.2 Å². The van der Waals surface area contributed by atoms with Crippen LogP contribution in [0, 0.1) is 0 Å². The van der Waals surface area contributed by atoms with Crippen LogP contribution in [0.4, 0.5) is 0 Å². The van der Waals surface area contributed by atoms with Crippen LogP contribution in [0.25, 0.3) is 16.7 Å². The molecule has 20 heavy (non-hydrogen) atoms. The van der Waals surface area contributed by atoms with Gasteiger partial charge in [0.05, 0.1) is 5.39 Å². The summed E-state index contributed by atoms with van der Waals surface area (Å²) in [5.74, 6) is 0.748. The molecule has 4 rings (SSSR count). The highest BCUT2D eigenvalue weighted by atomic mass is 35.5. The van der Waals surface area contributed by atoms with E-state index in [1.807, 2.05) is 4.57 Å². The van der Waals surface area contributed by atoms with Crippen molar-refractivity contribution in [2.24, 2.45) is 0 Å². The Balaban J connectivity index is 1.88. The normalized spacial score (nSPS) is 14.9. The van der Waals surface area contributed by atoms with Gasteiger partial charge < -0.3 is 0 Å². The Morgan fingerprint density at radius 2 is 1.80 bits per heavy atom. The number of aromatic nitrogens is 3. The van der Waals surface area contributed by atoms with Gasteiger partial charge in [0, 0.05) is 5.69 Å². The van der Waals surface area contributed by atoms with Gasteiger partial charge in [-0.1, -0.05) is 35.3 Å². The molecule has 5 heteroatoms. The first kappa shape index (κ1) is 12.2. The van der Waals surface area contributed by atoms with Crippen molar-refractivity contribution in [1.29, 1.82) is 0 Å². The number of nitrogens with zero attached hydrogens (tertiary/aromatic N) is 3. The Hall–Kier alpha value is -1.58. The first-order valence-electron chi connectivity index (χ1n) is 6.52. The van der Waals surface area contributed by atoms with E-state index in [1.165, 1.54) is 24.7 Å². The molecule has 0 bridgehead atoms. The minimum atomic E-state index is 0.422. The maximum Gasteiger partial charge on any atom is 0.150 e. The highest BCUT2D eigenvalue weighted by Gasteiger charge is 2.23. The molecule has 1 aliphatic carbocycles. The van der Waals surface area contributed by atoms with Crippen molar-refractivity contribution in [3.8, 4) is 5.69 Å². The molecule has 0 spiro atoms. The van der Waals surface area contributed by atoms with Crippen molar-refractivity contribution < 1.29 is 0 Å². The van der Waals surface area contributed by atoms with E-state index in [4.69, 9.17) is 23.2 Å². The van der Waals surface area contributed by atoms with Crippen molar-refractivity contribution in [3.05, 3.63) is 52.5 Å².